The van der Waals surface area contributed by atoms with Crippen molar-refractivity contribution in [3.05, 3.63) is 99.7 Å². The molecule has 3 fully saturated rings. The minimum Gasteiger partial charge on any atom is -0.465 e. The van der Waals surface area contributed by atoms with Gasteiger partial charge >= 0.3 is 47.8 Å². The minimum atomic E-state index is -2.98. The van der Waals surface area contributed by atoms with Crippen molar-refractivity contribution in [1.82, 2.24) is 9.55 Å². The van der Waals surface area contributed by atoms with E-state index in [-0.39, 0.29) is 22.4 Å². The zero-order valence-electron chi connectivity index (χ0n) is 39.2. The second kappa shape index (κ2) is 18.5. The van der Waals surface area contributed by atoms with Crippen LogP contribution in [0.3, 0.4) is 0 Å². The van der Waals surface area contributed by atoms with Crippen molar-refractivity contribution in [1.29, 1.82) is 0 Å². The van der Waals surface area contributed by atoms with Gasteiger partial charge in [-0.05, 0) is 44.2 Å². The Morgan fingerprint density at radius 2 is 1.36 bits per heavy atom. The van der Waals surface area contributed by atoms with Gasteiger partial charge in [-0.25, -0.2) is 14.4 Å². The Kier molecular flexibility index (Phi) is 13.4. The number of benzene rings is 1. The van der Waals surface area contributed by atoms with Gasteiger partial charge in [0.1, 0.15) is 42.0 Å². The number of pyridine rings is 2. The maximum atomic E-state index is 14.9. The smallest absolute Gasteiger partial charge is 0.340 e. The molecule has 1 saturated heterocycles. The summed E-state index contributed by atoms with van der Waals surface area (Å²) in [5.74, 6) is -12.5. The Hall–Kier alpha value is -7.00. The topological polar surface area (TPSA) is 275 Å². The van der Waals surface area contributed by atoms with Crippen molar-refractivity contribution < 1.29 is 86.1 Å². The maximum Gasteiger partial charge on any atom is 0.340 e. The maximum absolute atomic E-state index is 14.9. The monoisotopic (exact) mass is 960 g/mol. The zero-order valence-corrected chi connectivity index (χ0v) is 39.2. The van der Waals surface area contributed by atoms with E-state index in [1.54, 1.807) is 13.0 Å². The Morgan fingerprint density at radius 1 is 0.739 bits per heavy atom. The molecule has 0 amide bonds. The van der Waals surface area contributed by atoms with Crippen LogP contribution >= 0.6 is 0 Å². The third-order valence-corrected chi connectivity index (χ3v) is 13.6. The molecule has 4 unspecified atom stereocenters. The van der Waals surface area contributed by atoms with Crippen LogP contribution in [-0.2, 0) is 73.7 Å². The molecule has 21 nitrogen and oxygen atoms in total. The third kappa shape index (κ3) is 8.40. The number of esters is 8. The first-order valence-electron chi connectivity index (χ1n) is 22.0. The second-order valence-corrected chi connectivity index (χ2v) is 18.2. The molecule has 4 aliphatic rings. The van der Waals surface area contributed by atoms with Crippen LogP contribution in [0.1, 0.15) is 98.1 Å². The molecule has 1 spiro atoms. The SMILES string of the molecule is CC(=O)OC[C@]12[C@H](OC(C)=O)C(OC(C)=O)C3C(OC(C)=O)[C@@]14O[C@@]3(C)COC(=O)c1cccnc1[C@@H](C)[C@@H](C)C(=O)OC([C@H](OC(=O)c1ccc(=O)n(C)c1)[C@@H]2OC(=O)c1ccccc1)[C@]4(C)O. The molecule has 2 aromatic heterocycles. The van der Waals surface area contributed by atoms with Gasteiger partial charge in [0, 0.05) is 59.1 Å². The third-order valence-electron chi connectivity index (χ3n) is 13.6. The average Bonchev–Trinajstić information content (AvgIpc) is 3.51. The number of aryl methyl sites for hydroxylation is 1. The second-order valence-electron chi connectivity index (χ2n) is 18.2. The van der Waals surface area contributed by atoms with Crippen molar-refractivity contribution in [2.24, 2.45) is 24.3 Å². The van der Waals surface area contributed by atoms with E-state index in [9.17, 15) is 48.3 Å². The molecule has 1 N–H and O–H groups in total. The first-order chi connectivity index (χ1) is 32.4. The lowest BCUT2D eigenvalue weighted by Gasteiger charge is -2.67. The summed E-state index contributed by atoms with van der Waals surface area (Å²) in [7, 11) is 1.35. The number of fused-ring (bicyclic) bond motifs is 5. The molecule has 69 heavy (non-hydrogen) atoms. The first-order valence-corrected chi connectivity index (χ1v) is 22.0. The normalized spacial score (nSPS) is 33.5. The Bertz CT molecular complexity index is 2650. The molecule has 4 bridgehead atoms. The van der Waals surface area contributed by atoms with E-state index in [0.29, 0.717) is 0 Å². The van der Waals surface area contributed by atoms with Crippen LogP contribution in [0.4, 0.5) is 0 Å². The molecule has 2 aliphatic carbocycles. The van der Waals surface area contributed by atoms with Crippen LogP contribution in [0.2, 0.25) is 0 Å². The predicted octanol–water partition coefficient (Wildman–Crippen LogP) is 2.32. The van der Waals surface area contributed by atoms with Gasteiger partial charge in [-0.15, -0.1) is 0 Å². The number of carbonyl (C=O) groups is 8. The lowest BCUT2D eigenvalue weighted by atomic mass is 9.45. The van der Waals surface area contributed by atoms with E-state index in [1.165, 1.54) is 63.5 Å². The summed E-state index contributed by atoms with van der Waals surface area (Å²) in [6.07, 6.45) is -10.4. The average molecular weight is 961 g/mol. The summed E-state index contributed by atoms with van der Waals surface area (Å²) in [5, 5.41) is 13.9. The van der Waals surface area contributed by atoms with Gasteiger partial charge in [0.15, 0.2) is 30.0 Å². The van der Waals surface area contributed by atoms with Crippen LogP contribution in [-0.4, -0.2) is 129 Å². The first kappa shape index (κ1) is 49.9. The van der Waals surface area contributed by atoms with Gasteiger partial charge in [-0.1, -0.05) is 32.0 Å². The standard InChI is InChI=1S/C48H52N2O19/c1-23-24(2)41(56)67-38-36(66-43(58)30-17-18-32(55)50(9)20-30)40(68-42(57)29-14-11-10-12-15-29)47(22-61-25(3)51)39(65-28(6)54)35(63-26(4)52)33-37(64-27(5)53)48(47,46(38,8)60)69-45(33,7)21-62-44(59)31-16-13-19-49-34(23)31/h10-20,23-24,33,35-40,60H,21-22H2,1-9H3/t23-,24+,33?,35?,36-,37?,38?,39+,40-,45-,46-,47+,48-/m0/s1. The highest BCUT2D eigenvalue weighted by molar-refractivity contribution is 5.92. The fourth-order valence-corrected chi connectivity index (χ4v) is 10.5. The zero-order chi connectivity index (χ0) is 50.5. The van der Waals surface area contributed by atoms with E-state index >= 15 is 0 Å². The molecule has 2 aliphatic heterocycles. The number of hydrogen-bond donors (Lipinski definition) is 1. The lowest BCUT2D eigenvalue weighted by Crippen LogP contribution is -2.89. The van der Waals surface area contributed by atoms with Crippen molar-refractivity contribution in [2.75, 3.05) is 13.2 Å². The number of carbonyl (C=O) groups excluding carboxylic acids is 8. The van der Waals surface area contributed by atoms with Crippen LogP contribution in [0.15, 0.2) is 71.8 Å². The number of cyclic esters (lactones) is 1. The Balaban J connectivity index is 1.66. The summed E-state index contributed by atoms with van der Waals surface area (Å²) in [5.41, 5.74) is -11.7. The number of ether oxygens (including phenoxy) is 9. The van der Waals surface area contributed by atoms with Crippen molar-refractivity contribution in [3.8, 4) is 0 Å². The predicted molar refractivity (Wildman–Crippen MR) is 231 cm³/mol. The molecule has 7 rings (SSSR count). The number of aromatic nitrogens is 2. The lowest BCUT2D eigenvalue weighted by molar-refractivity contribution is -0.385. The Labute approximate surface area is 394 Å². The van der Waals surface area contributed by atoms with Gasteiger partial charge in [0.05, 0.1) is 34.2 Å². The molecule has 4 heterocycles. The summed E-state index contributed by atoms with van der Waals surface area (Å²) in [6.45, 7) is 7.43. The van der Waals surface area contributed by atoms with Gasteiger partial charge in [-0.2, -0.15) is 0 Å². The van der Waals surface area contributed by atoms with Crippen molar-refractivity contribution >= 4 is 47.8 Å². The van der Waals surface area contributed by atoms with Gasteiger partial charge < -0.3 is 52.3 Å². The van der Waals surface area contributed by atoms with Crippen LogP contribution in [0.25, 0.3) is 0 Å². The molecule has 368 valence electrons. The fraction of sp³-hybridized carbons (Fsp3) is 0.500. The Morgan fingerprint density at radius 3 is 1.99 bits per heavy atom. The highest BCUT2D eigenvalue weighted by atomic mass is 16.7. The summed E-state index contributed by atoms with van der Waals surface area (Å²) in [4.78, 5) is 129. The molecule has 21 heteroatoms. The van der Waals surface area contributed by atoms with Crippen LogP contribution in [0.5, 0.6) is 0 Å². The molecule has 2 saturated carbocycles. The molecule has 3 aromatic rings. The van der Waals surface area contributed by atoms with E-state index < -0.39 is 143 Å². The highest BCUT2D eigenvalue weighted by Gasteiger charge is 2.92. The quantitative estimate of drug-likeness (QED) is 0.238. The van der Waals surface area contributed by atoms with E-state index in [0.717, 1.165) is 57.5 Å². The van der Waals surface area contributed by atoms with Crippen LogP contribution < -0.4 is 5.56 Å². The molecule has 13 atom stereocenters. The van der Waals surface area contributed by atoms with Gasteiger partial charge in [-0.3, -0.25) is 33.8 Å². The van der Waals surface area contributed by atoms with Crippen molar-refractivity contribution in [2.45, 2.75) is 115 Å². The van der Waals surface area contributed by atoms with Gasteiger partial charge in [0.25, 0.3) is 0 Å². The number of aliphatic hydroxyl groups is 1. The van der Waals surface area contributed by atoms with E-state index in [4.69, 9.17) is 42.6 Å². The summed E-state index contributed by atoms with van der Waals surface area (Å²) in [6, 6.07) is 12.3. The summed E-state index contributed by atoms with van der Waals surface area (Å²) < 4.78 is 57.5. The highest BCUT2D eigenvalue weighted by Crippen LogP contribution is 2.70. The fourth-order valence-electron chi connectivity index (χ4n) is 10.5. The molecule has 0 radical (unpaired) electrons. The largest absolute Gasteiger partial charge is 0.465 e. The molecular formula is C48H52N2O19. The van der Waals surface area contributed by atoms with Crippen LogP contribution in [0, 0.1) is 17.3 Å². The number of nitrogens with zero attached hydrogens (tertiary/aromatic N) is 2. The summed E-state index contributed by atoms with van der Waals surface area (Å²) >= 11 is 0. The van der Waals surface area contributed by atoms with Gasteiger partial charge in [0.2, 0.25) is 5.56 Å². The van der Waals surface area contributed by atoms with Crippen molar-refractivity contribution in [3.63, 3.8) is 0 Å². The number of rotatable bonds is 9. The van der Waals surface area contributed by atoms with E-state index in [2.05, 4.69) is 4.98 Å². The van der Waals surface area contributed by atoms with E-state index in [1.807, 2.05) is 0 Å². The molecular weight excluding hydrogens is 909 g/mol. The minimum absolute atomic E-state index is 0.0799. The number of hydrogen-bond acceptors (Lipinski definition) is 20. The molecule has 1 aromatic carbocycles.